The molecule has 0 amide bonds. The first-order valence-corrected chi connectivity index (χ1v) is 7.97. The molecule has 2 aromatic heterocycles. The monoisotopic (exact) mass is 275 g/mol. The minimum atomic E-state index is 0.764. The van der Waals surface area contributed by atoms with Crippen LogP contribution in [0.4, 0.5) is 0 Å². The zero-order chi connectivity index (χ0) is 13.1. The van der Waals surface area contributed by atoms with Crippen LogP contribution in [-0.2, 0) is 13.1 Å². The summed E-state index contributed by atoms with van der Waals surface area (Å²) in [7, 11) is 0. The van der Waals surface area contributed by atoms with Crippen LogP contribution in [0, 0.1) is 12.8 Å². The third-order valence-electron chi connectivity index (χ3n) is 3.97. The molecular formula is C15H21N3S. The summed E-state index contributed by atoms with van der Waals surface area (Å²) in [5.74, 6) is 1.90. The third kappa shape index (κ3) is 3.25. The molecule has 102 valence electrons. The smallest absolute Gasteiger partial charge is 0.105 e. The van der Waals surface area contributed by atoms with Gasteiger partial charge in [0.05, 0.1) is 0 Å². The highest BCUT2D eigenvalue weighted by Crippen LogP contribution is 2.21. The molecule has 1 aliphatic rings. The van der Waals surface area contributed by atoms with Crippen molar-refractivity contribution < 1.29 is 0 Å². The Labute approximate surface area is 118 Å². The van der Waals surface area contributed by atoms with Crippen LogP contribution in [0.3, 0.4) is 0 Å². The van der Waals surface area contributed by atoms with Gasteiger partial charge in [-0.05, 0) is 54.6 Å². The lowest BCUT2D eigenvalue weighted by molar-refractivity contribution is 0.155. The average Bonchev–Trinajstić information content (AvgIpc) is 3.03. The van der Waals surface area contributed by atoms with E-state index < -0.39 is 0 Å². The normalized spacial score (nSPS) is 20.8. The first-order chi connectivity index (χ1) is 9.31. The van der Waals surface area contributed by atoms with Crippen molar-refractivity contribution in [2.24, 2.45) is 5.92 Å². The Bertz CT molecular complexity index is 503. The number of aromatic nitrogens is 2. The predicted octanol–water partition coefficient (Wildman–Crippen LogP) is 3.17. The van der Waals surface area contributed by atoms with Gasteiger partial charge < -0.3 is 4.57 Å². The number of aryl methyl sites for hydroxylation is 1. The van der Waals surface area contributed by atoms with Gasteiger partial charge in [0.1, 0.15) is 5.82 Å². The molecule has 1 aliphatic heterocycles. The van der Waals surface area contributed by atoms with Crippen molar-refractivity contribution in [1.29, 1.82) is 0 Å². The van der Waals surface area contributed by atoms with Crippen LogP contribution in [-0.4, -0.2) is 27.5 Å². The van der Waals surface area contributed by atoms with Crippen molar-refractivity contribution in [3.63, 3.8) is 0 Å². The molecule has 0 unspecified atom stereocenters. The summed E-state index contributed by atoms with van der Waals surface area (Å²) in [6.45, 7) is 6.78. The van der Waals surface area contributed by atoms with E-state index in [-0.39, 0.29) is 0 Å². The van der Waals surface area contributed by atoms with E-state index in [4.69, 9.17) is 0 Å². The molecule has 3 rings (SSSR count). The Hall–Kier alpha value is -1.13. The second kappa shape index (κ2) is 5.88. The number of hydrogen-bond donors (Lipinski definition) is 0. The Morgan fingerprint density at radius 3 is 3.16 bits per heavy atom. The quantitative estimate of drug-likeness (QED) is 0.854. The molecule has 3 heterocycles. The Kier molecular flexibility index (Phi) is 3.99. The van der Waals surface area contributed by atoms with Crippen molar-refractivity contribution >= 4 is 11.3 Å². The molecule has 3 nitrogen and oxygen atoms in total. The lowest BCUT2D eigenvalue weighted by Crippen LogP contribution is -2.36. The topological polar surface area (TPSA) is 21.1 Å². The number of nitrogens with zero attached hydrogens (tertiary/aromatic N) is 3. The predicted molar refractivity (Wildman–Crippen MR) is 79.3 cm³/mol. The van der Waals surface area contributed by atoms with Gasteiger partial charge in [-0.2, -0.15) is 11.3 Å². The zero-order valence-electron chi connectivity index (χ0n) is 11.5. The summed E-state index contributed by atoms with van der Waals surface area (Å²) in [5.41, 5.74) is 1.46. The van der Waals surface area contributed by atoms with Crippen LogP contribution < -0.4 is 0 Å². The minimum Gasteiger partial charge on any atom is -0.335 e. The van der Waals surface area contributed by atoms with E-state index in [1.807, 2.05) is 6.20 Å². The molecule has 0 spiro atoms. The molecule has 0 bridgehead atoms. The van der Waals surface area contributed by atoms with Crippen LogP contribution in [0.2, 0.25) is 0 Å². The number of imidazole rings is 1. The average molecular weight is 275 g/mol. The van der Waals surface area contributed by atoms with Gasteiger partial charge in [-0.3, -0.25) is 4.90 Å². The second-order valence-corrected chi connectivity index (χ2v) is 6.28. The van der Waals surface area contributed by atoms with Crippen molar-refractivity contribution in [1.82, 2.24) is 14.5 Å². The second-order valence-electron chi connectivity index (χ2n) is 5.50. The van der Waals surface area contributed by atoms with Crippen molar-refractivity contribution in [3.05, 3.63) is 40.6 Å². The van der Waals surface area contributed by atoms with Crippen LogP contribution >= 0.6 is 11.3 Å². The highest BCUT2D eigenvalue weighted by Gasteiger charge is 2.20. The molecule has 1 atom stereocenters. The van der Waals surface area contributed by atoms with Gasteiger partial charge in [0.2, 0.25) is 0 Å². The molecule has 0 saturated carbocycles. The fourth-order valence-electron chi connectivity index (χ4n) is 2.96. The van der Waals surface area contributed by atoms with Crippen molar-refractivity contribution in [3.8, 4) is 0 Å². The molecule has 0 aromatic carbocycles. The largest absolute Gasteiger partial charge is 0.335 e. The molecule has 4 heteroatoms. The fraction of sp³-hybridized carbons (Fsp3) is 0.533. The number of hydrogen-bond acceptors (Lipinski definition) is 3. The van der Waals surface area contributed by atoms with E-state index in [1.165, 1.54) is 31.5 Å². The van der Waals surface area contributed by atoms with Gasteiger partial charge in [0.15, 0.2) is 0 Å². The first kappa shape index (κ1) is 12.9. The molecule has 0 N–H and O–H groups in total. The molecule has 2 aromatic rings. The maximum atomic E-state index is 4.31. The van der Waals surface area contributed by atoms with Crippen LogP contribution in [0.1, 0.15) is 24.2 Å². The molecule has 0 aliphatic carbocycles. The summed E-state index contributed by atoms with van der Waals surface area (Å²) in [5, 5.41) is 4.44. The van der Waals surface area contributed by atoms with E-state index in [2.05, 4.69) is 44.4 Å². The van der Waals surface area contributed by atoms with Gasteiger partial charge >= 0.3 is 0 Å². The standard InChI is InChI=1S/C15H21N3S/c1-13-16-5-7-18(13)11-14-3-2-6-17(9-14)10-15-4-8-19-12-15/h4-5,7-8,12,14H,2-3,6,9-11H2,1H3/t14-/m0/s1. The van der Waals surface area contributed by atoms with Crippen LogP contribution in [0.15, 0.2) is 29.2 Å². The minimum absolute atomic E-state index is 0.764. The fourth-order valence-corrected chi connectivity index (χ4v) is 3.62. The number of piperidine rings is 1. The Morgan fingerprint density at radius 1 is 1.47 bits per heavy atom. The lowest BCUT2D eigenvalue weighted by Gasteiger charge is -2.32. The molecule has 1 fully saturated rings. The molecular weight excluding hydrogens is 254 g/mol. The summed E-state index contributed by atoms with van der Waals surface area (Å²) in [6, 6.07) is 2.24. The zero-order valence-corrected chi connectivity index (χ0v) is 12.3. The van der Waals surface area contributed by atoms with Crippen LogP contribution in [0.5, 0.6) is 0 Å². The van der Waals surface area contributed by atoms with Crippen molar-refractivity contribution in [2.75, 3.05) is 13.1 Å². The highest BCUT2D eigenvalue weighted by atomic mass is 32.1. The Morgan fingerprint density at radius 2 is 2.42 bits per heavy atom. The summed E-state index contributed by atoms with van der Waals surface area (Å²) >= 11 is 1.80. The maximum Gasteiger partial charge on any atom is 0.105 e. The van der Waals surface area contributed by atoms with E-state index >= 15 is 0 Å². The molecule has 1 saturated heterocycles. The lowest BCUT2D eigenvalue weighted by atomic mass is 9.97. The van der Waals surface area contributed by atoms with E-state index in [0.717, 1.165) is 24.8 Å². The van der Waals surface area contributed by atoms with Crippen LogP contribution in [0.25, 0.3) is 0 Å². The number of thiophene rings is 1. The van der Waals surface area contributed by atoms with Gasteiger partial charge in [0, 0.05) is 32.0 Å². The number of likely N-dealkylation sites (tertiary alicyclic amines) is 1. The van der Waals surface area contributed by atoms with Gasteiger partial charge in [-0.25, -0.2) is 4.98 Å². The Balaban J connectivity index is 1.57. The summed E-state index contributed by atoms with van der Waals surface area (Å²) < 4.78 is 2.29. The molecule has 19 heavy (non-hydrogen) atoms. The summed E-state index contributed by atoms with van der Waals surface area (Å²) in [4.78, 5) is 6.91. The molecule has 0 radical (unpaired) electrons. The van der Waals surface area contributed by atoms with Gasteiger partial charge in [-0.1, -0.05) is 0 Å². The SMILES string of the molecule is Cc1nccn1C[C@H]1CCCN(Cc2ccsc2)C1. The third-order valence-corrected chi connectivity index (χ3v) is 4.70. The summed E-state index contributed by atoms with van der Waals surface area (Å²) in [6.07, 6.45) is 6.68. The maximum absolute atomic E-state index is 4.31. The van der Waals surface area contributed by atoms with Crippen molar-refractivity contribution in [2.45, 2.75) is 32.9 Å². The van der Waals surface area contributed by atoms with Gasteiger partial charge in [0.25, 0.3) is 0 Å². The highest BCUT2D eigenvalue weighted by molar-refractivity contribution is 7.07. The number of rotatable bonds is 4. The van der Waals surface area contributed by atoms with E-state index in [0.29, 0.717) is 0 Å². The van der Waals surface area contributed by atoms with E-state index in [1.54, 1.807) is 11.3 Å². The first-order valence-electron chi connectivity index (χ1n) is 7.02. The van der Waals surface area contributed by atoms with E-state index in [9.17, 15) is 0 Å². The van der Waals surface area contributed by atoms with Gasteiger partial charge in [-0.15, -0.1) is 0 Å².